The zero-order chi connectivity index (χ0) is 32.4. The normalized spacial score (nSPS) is 14.2. The highest BCUT2D eigenvalue weighted by molar-refractivity contribution is 5.76. The van der Waals surface area contributed by atoms with E-state index in [2.05, 4.69) is 55.6 Å². The Morgan fingerprint density at radius 1 is 0.545 bits per heavy atom. The number of unbranched alkanes of at least 4 members (excludes halogenated alkanes) is 19. The van der Waals surface area contributed by atoms with Crippen LogP contribution in [0, 0.1) is 0 Å². The van der Waals surface area contributed by atoms with Crippen LogP contribution in [0.25, 0.3) is 0 Å². The predicted octanol–water partition coefficient (Wildman–Crippen LogP) is 10.0. The molecule has 0 radical (unpaired) electrons. The van der Waals surface area contributed by atoms with Crippen molar-refractivity contribution in [2.45, 2.75) is 199 Å². The smallest absolute Gasteiger partial charge is 0.220 e. The van der Waals surface area contributed by atoms with Crippen molar-refractivity contribution in [2.75, 3.05) is 6.61 Å². The number of carbonyl (C=O) groups is 1. The van der Waals surface area contributed by atoms with Crippen molar-refractivity contribution >= 4 is 5.91 Å². The Morgan fingerprint density at radius 2 is 0.955 bits per heavy atom. The van der Waals surface area contributed by atoms with Crippen LogP contribution < -0.4 is 5.32 Å². The molecule has 0 heterocycles. The molecular formula is C39H73NO4. The van der Waals surface area contributed by atoms with Crippen LogP contribution in [0.1, 0.15) is 181 Å². The molecule has 0 bridgehead atoms. The molecule has 0 fully saturated rings. The summed E-state index contributed by atoms with van der Waals surface area (Å²) in [5.74, 6) is -0.166. The number of amides is 1. The van der Waals surface area contributed by atoms with Crippen LogP contribution in [-0.4, -0.2) is 46.1 Å². The molecule has 3 unspecified atom stereocenters. The van der Waals surface area contributed by atoms with Crippen molar-refractivity contribution in [2.24, 2.45) is 0 Å². The predicted molar refractivity (Wildman–Crippen MR) is 190 cm³/mol. The lowest BCUT2D eigenvalue weighted by molar-refractivity contribution is -0.124. The standard InChI is InChI=1S/C39H73NO4/c1-3-5-7-9-11-13-15-16-17-18-19-20-21-22-24-26-28-30-32-34-38(43)40-36(35-41)39(44)37(42)33-31-29-27-25-23-14-12-10-8-6-4-2/h10,12,18-19,25,27,36-37,39,41-42,44H,3-9,11,13-17,20-24,26,28-35H2,1-2H3,(H,40,43)/b12-10+,19-18-,27-25+. The van der Waals surface area contributed by atoms with Crippen molar-refractivity contribution < 1.29 is 20.1 Å². The molecule has 0 rings (SSSR count). The van der Waals surface area contributed by atoms with Crippen molar-refractivity contribution in [3.05, 3.63) is 36.5 Å². The molecule has 5 nitrogen and oxygen atoms in total. The molecule has 3 atom stereocenters. The fourth-order valence-corrected chi connectivity index (χ4v) is 5.45. The second-order valence-electron chi connectivity index (χ2n) is 12.8. The minimum Gasteiger partial charge on any atom is -0.394 e. The van der Waals surface area contributed by atoms with E-state index in [0.717, 1.165) is 51.4 Å². The summed E-state index contributed by atoms with van der Waals surface area (Å²) in [7, 11) is 0. The molecule has 258 valence electrons. The molecule has 0 aromatic rings. The fraction of sp³-hybridized carbons (Fsp3) is 0.821. The van der Waals surface area contributed by atoms with E-state index in [1.165, 1.54) is 103 Å². The molecule has 1 amide bonds. The lowest BCUT2D eigenvalue weighted by atomic mass is 10.0. The summed E-state index contributed by atoms with van der Waals surface area (Å²) in [6, 6.07) is -0.832. The Labute approximate surface area is 273 Å². The third-order valence-electron chi connectivity index (χ3n) is 8.44. The third-order valence-corrected chi connectivity index (χ3v) is 8.44. The van der Waals surface area contributed by atoms with Gasteiger partial charge in [-0.05, 0) is 70.6 Å². The molecule has 0 aromatic heterocycles. The molecule has 0 saturated heterocycles. The van der Waals surface area contributed by atoms with Gasteiger partial charge >= 0.3 is 0 Å². The third kappa shape index (κ3) is 29.3. The van der Waals surface area contributed by atoms with Gasteiger partial charge in [0.05, 0.1) is 18.8 Å². The monoisotopic (exact) mass is 620 g/mol. The molecule has 0 aliphatic rings. The van der Waals surface area contributed by atoms with Gasteiger partial charge in [-0.3, -0.25) is 4.79 Å². The average molecular weight is 620 g/mol. The Morgan fingerprint density at radius 3 is 1.45 bits per heavy atom. The zero-order valence-electron chi connectivity index (χ0n) is 29.0. The van der Waals surface area contributed by atoms with Crippen molar-refractivity contribution in [1.29, 1.82) is 0 Å². The van der Waals surface area contributed by atoms with Gasteiger partial charge in [-0.15, -0.1) is 0 Å². The van der Waals surface area contributed by atoms with Crippen LogP contribution >= 0.6 is 0 Å². The maximum atomic E-state index is 12.3. The molecule has 0 aliphatic heterocycles. The van der Waals surface area contributed by atoms with E-state index < -0.39 is 18.2 Å². The summed E-state index contributed by atoms with van der Waals surface area (Å²) >= 11 is 0. The summed E-state index contributed by atoms with van der Waals surface area (Å²) in [6.45, 7) is 4.09. The number of nitrogens with one attached hydrogen (secondary N) is 1. The maximum absolute atomic E-state index is 12.3. The average Bonchev–Trinajstić information content (AvgIpc) is 3.03. The van der Waals surface area contributed by atoms with Gasteiger partial charge in [-0.25, -0.2) is 0 Å². The van der Waals surface area contributed by atoms with Gasteiger partial charge < -0.3 is 20.6 Å². The van der Waals surface area contributed by atoms with Gasteiger partial charge in [0.2, 0.25) is 5.91 Å². The van der Waals surface area contributed by atoms with Crippen molar-refractivity contribution in [3.8, 4) is 0 Å². The van der Waals surface area contributed by atoms with Crippen LogP contribution in [0.5, 0.6) is 0 Å². The van der Waals surface area contributed by atoms with Gasteiger partial charge in [0.1, 0.15) is 6.10 Å². The number of hydrogen-bond acceptors (Lipinski definition) is 4. The summed E-state index contributed by atoms with van der Waals surface area (Å²) in [4.78, 5) is 12.3. The Hall–Kier alpha value is -1.43. The quantitative estimate of drug-likeness (QED) is 0.0435. The van der Waals surface area contributed by atoms with E-state index in [-0.39, 0.29) is 12.5 Å². The van der Waals surface area contributed by atoms with Crippen LogP contribution in [-0.2, 0) is 4.79 Å². The topological polar surface area (TPSA) is 89.8 Å². The summed E-state index contributed by atoms with van der Waals surface area (Å²) < 4.78 is 0. The highest BCUT2D eigenvalue weighted by Crippen LogP contribution is 2.13. The molecule has 4 N–H and O–H groups in total. The summed E-state index contributed by atoms with van der Waals surface area (Å²) in [6.07, 6.45) is 41.0. The Balaban J connectivity index is 3.72. The molecule has 44 heavy (non-hydrogen) atoms. The molecular weight excluding hydrogens is 546 g/mol. The number of carbonyl (C=O) groups excluding carboxylic acids is 1. The van der Waals surface area contributed by atoms with Gasteiger partial charge in [0.25, 0.3) is 0 Å². The molecule has 0 aliphatic carbocycles. The van der Waals surface area contributed by atoms with Crippen LogP contribution in [0.15, 0.2) is 36.5 Å². The van der Waals surface area contributed by atoms with Crippen molar-refractivity contribution in [1.82, 2.24) is 5.32 Å². The minimum absolute atomic E-state index is 0.166. The Bertz CT molecular complexity index is 690. The van der Waals surface area contributed by atoms with E-state index in [4.69, 9.17) is 0 Å². The first kappa shape index (κ1) is 42.6. The van der Waals surface area contributed by atoms with Gasteiger partial charge in [-0.1, -0.05) is 140 Å². The van der Waals surface area contributed by atoms with Gasteiger partial charge in [0.15, 0.2) is 0 Å². The van der Waals surface area contributed by atoms with E-state index >= 15 is 0 Å². The van der Waals surface area contributed by atoms with E-state index in [0.29, 0.717) is 12.8 Å². The van der Waals surface area contributed by atoms with Crippen LogP contribution in [0.4, 0.5) is 0 Å². The maximum Gasteiger partial charge on any atom is 0.220 e. The van der Waals surface area contributed by atoms with Crippen LogP contribution in [0.3, 0.4) is 0 Å². The number of hydrogen-bond donors (Lipinski definition) is 4. The SMILES string of the molecule is CCCC/C=C/CC/C=C/CCCC(O)C(O)C(CO)NC(=O)CCCCCCCCC/C=C\CCCCCCCCCC. The molecule has 0 spiro atoms. The lowest BCUT2D eigenvalue weighted by Crippen LogP contribution is -2.50. The largest absolute Gasteiger partial charge is 0.394 e. The van der Waals surface area contributed by atoms with Gasteiger partial charge in [-0.2, -0.15) is 0 Å². The fourth-order valence-electron chi connectivity index (χ4n) is 5.45. The highest BCUT2D eigenvalue weighted by atomic mass is 16.3. The Kier molecular flexibility index (Phi) is 33.3. The lowest BCUT2D eigenvalue weighted by Gasteiger charge is -2.26. The first-order valence-corrected chi connectivity index (χ1v) is 18.8. The number of allylic oxidation sites excluding steroid dienone is 6. The van der Waals surface area contributed by atoms with E-state index in [1.54, 1.807) is 0 Å². The second kappa shape index (κ2) is 34.4. The summed E-state index contributed by atoms with van der Waals surface area (Å²) in [5.41, 5.74) is 0. The van der Waals surface area contributed by atoms with E-state index in [1.807, 2.05) is 0 Å². The number of aliphatic hydroxyl groups is 3. The zero-order valence-corrected chi connectivity index (χ0v) is 29.0. The first-order chi connectivity index (χ1) is 21.6. The second-order valence-corrected chi connectivity index (χ2v) is 12.8. The summed E-state index contributed by atoms with van der Waals surface area (Å²) in [5, 5.41) is 33.2. The first-order valence-electron chi connectivity index (χ1n) is 18.8. The van der Waals surface area contributed by atoms with Crippen LogP contribution in [0.2, 0.25) is 0 Å². The number of rotatable bonds is 33. The van der Waals surface area contributed by atoms with Gasteiger partial charge in [0, 0.05) is 6.42 Å². The molecule has 0 aromatic carbocycles. The molecule has 0 saturated carbocycles. The highest BCUT2D eigenvalue weighted by Gasteiger charge is 2.26. The van der Waals surface area contributed by atoms with Crippen molar-refractivity contribution in [3.63, 3.8) is 0 Å². The number of aliphatic hydroxyl groups excluding tert-OH is 3. The van der Waals surface area contributed by atoms with E-state index in [9.17, 15) is 20.1 Å². The molecule has 5 heteroatoms. The minimum atomic E-state index is -1.17.